The number of hydrogen-bond acceptors (Lipinski definition) is 4. The lowest BCUT2D eigenvalue weighted by atomic mass is 10.1. The van der Waals surface area contributed by atoms with Crippen molar-refractivity contribution in [1.29, 1.82) is 0 Å². The van der Waals surface area contributed by atoms with Crippen LogP contribution in [0.15, 0.2) is 22.9 Å². The molecule has 22 heavy (non-hydrogen) atoms. The number of nitrogens with zero attached hydrogens (tertiary/aromatic N) is 2. The van der Waals surface area contributed by atoms with Gasteiger partial charge in [-0.25, -0.2) is 4.79 Å². The van der Waals surface area contributed by atoms with Crippen molar-refractivity contribution in [3.63, 3.8) is 0 Å². The van der Waals surface area contributed by atoms with Gasteiger partial charge in [0.1, 0.15) is 5.60 Å². The van der Waals surface area contributed by atoms with Gasteiger partial charge in [0.2, 0.25) is 0 Å². The zero-order chi connectivity index (χ0) is 16.2. The number of aromatic nitrogens is 1. The van der Waals surface area contributed by atoms with E-state index in [9.17, 15) is 4.79 Å². The summed E-state index contributed by atoms with van der Waals surface area (Å²) in [6.07, 6.45) is 4.45. The van der Waals surface area contributed by atoms with Crippen molar-refractivity contribution in [2.45, 2.75) is 39.3 Å². The highest BCUT2D eigenvalue weighted by Crippen LogP contribution is 2.19. The zero-order valence-corrected chi connectivity index (χ0v) is 15.0. The first-order chi connectivity index (χ1) is 10.3. The number of nitrogens with one attached hydrogen (secondary N) is 1. The van der Waals surface area contributed by atoms with Gasteiger partial charge in [0.25, 0.3) is 0 Å². The Kier molecular flexibility index (Phi) is 5.81. The number of hydrogen-bond donors (Lipinski definition) is 1. The molecule has 1 fully saturated rings. The normalized spacial score (nSPS) is 18.5. The minimum atomic E-state index is -0.429. The van der Waals surface area contributed by atoms with E-state index in [-0.39, 0.29) is 6.09 Å². The molecule has 0 spiro atoms. The molecule has 6 heteroatoms. The second kappa shape index (κ2) is 7.42. The zero-order valence-electron chi connectivity index (χ0n) is 13.4. The van der Waals surface area contributed by atoms with E-state index in [1.165, 1.54) is 0 Å². The van der Waals surface area contributed by atoms with Gasteiger partial charge in [0.15, 0.2) is 0 Å². The van der Waals surface area contributed by atoms with Crippen LogP contribution in [0.4, 0.5) is 4.79 Å². The van der Waals surface area contributed by atoms with E-state index in [2.05, 4.69) is 32.3 Å². The second-order valence-corrected chi connectivity index (χ2v) is 7.64. The Hall–Kier alpha value is -1.14. The molecule has 1 aliphatic heterocycles. The second-order valence-electron chi connectivity index (χ2n) is 6.72. The molecule has 122 valence electrons. The molecule has 0 radical (unpaired) electrons. The molecule has 1 aromatic rings. The summed E-state index contributed by atoms with van der Waals surface area (Å²) in [6, 6.07) is 2.06. The van der Waals surface area contributed by atoms with Crippen molar-refractivity contribution in [3.8, 4) is 0 Å². The lowest BCUT2D eigenvalue weighted by Gasteiger charge is -2.24. The maximum atomic E-state index is 12.0. The average molecular weight is 370 g/mol. The third-order valence-corrected chi connectivity index (χ3v) is 3.89. The summed E-state index contributed by atoms with van der Waals surface area (Å²) in [5.74, 6) is 0.479. The summed E-state index contributed by atoms with van der Waals surface area (Å²) in [5.41, 5.74) is 0.720. The van der Waals surface area contributed by atoms with Crippen LogP contribution < -0.4 is 5.32 Å². The number of pyridine rings is 1. The average Bonchev–Trinajstić information content (AvgIpc) is 2.86. The highest BCUT2D eigenvalue weighted by atomic mass is 79.9. The largest absolute Gasteiger partial charge is 0.444 e. The van der Waals surface area contributed by atoms with E-state index in [1.807, 2.05) is 27.0 Å². The molecule has 1 aromatic heterocycles. The molecule has 0 aromatic carbocycles. The summed E-state index contributed by atoms with van der Waals surface area (Å²) in [5, 5.41) is 3.44. The van der Waals surface area contributed by atoms with E-state index in [0.29, 0.717) is 5.92 Å². The Morgan fingerprint density at radius 1 is 1.50 bits per heavy atom. The fourth-order valence-electron chi connectivity index (χ4n) is 2.46. The number of likely N-dealkylation sites (tertiary alicyclic amines) is 1. The topological polar surface area (TPSA) is 54.5 Å². The Morgan fingerprint density at radius 2 is 2.27 bits per heavy atom. The first-order valence-electron chi connectivity index (χ1n) is 7.61. The molecule has 1 atom stereocenters. The molecule has 0 saturated carbocycles. The maximum absolute atomic E-state index is 12.0. The van der Waals surface area contributed by atoms with Crippen LogP contribution >= 0.6 is 15.9 Å². The van der Waals surface area contributed by atoms with Gasteiger partial charge in [-0.2, -0.15) is 0 Å². The van der Waals surface area contributed by atoms with Crippen LogP contribution in [-0.4, -0.2) is 41.2 Å². The number of halogens is 1. The van der Waals surface area contributed by atoms with Gasteiger partial charge < -0.3 is 15.0 Å². The summed E-state index contributed by atoms with van der Waals surface area (Å²) in [6.45, 7) is 8.91. The minimum absolute atomic E-state index is 0.203. The summed E-state index contributed by atoms with van der Waals surface area (Å²) in [4.78, 5) is 18.0. The molecule has 0 aliphatic carbocycles. The van der Waals surface area contributed by atoms with E-state index < -0.39 is 5.60 Å². The molecule has 2 rings (SSSR count). The van der Waals surface area contributed by atoms with Crippen molar-refractivity contribution < 1.29 is 9.53 Å². The van der Waals surface area contributed by atoms with Crippen LogP contribution in [0, 0.1) is 5.92 Å². The van der Waals surface area contributed by atoms with Crippen LogP contribution in [0.1, 0.15) is 32.8 Å². The molecule has 1 saturated heterocycles. The summed E-state index contributed by atoms with van der Waals surface area (Å²) < 4.78 is 6.40. The number of rotatable bonds is 4. The standard InChI is InChI=1S/C16H24BrN3O2/c1-16(2,3)22-15(21)20-5-4-12(11-20)7-18-8-13-6-14(17)10-19-9-13/h6,9-10,12,18H,4-5,7-8,11H2,1-3H3. The lowest BCUT2D eigenvalue weighted by Crippen LogP contribution is -2.36. The molecule has 1 amide bonds. The lowest BCUT2D eigenvalue weighted by molar-refractivity contribution is 0.0288. The fraction of sp³-hybridized carbons (Fsp3) is 0.625. The van der Waals surface area contributed by atoms with Gasteiger partial charge in [-0.1, -0.05) is 0 Å². The van der Waals surface area contributed by atoms with E-state index >= 15 is 0 Å². The van der Waals surface area contributed by atoms with Crippen molar-refractivity contribution in [3.05, 3.63) is 28.5 Å². The van der Waals surface area contributed by atoms with E-state index in [4.69, 9.17) is 4.74 Å². The number of ether oxygens (including phenoxy) is 1. The highest BCUT2D eigenvalue weighted by Gasteiger charge is 2.29. The first kappa shape index (κ1) is 17.2. The minimum Gasteiger partial charge on any atom is -0.444 e. The predicted octanol–water partition coefficient (Wildman–Crippen LogP) is 3.19. The van der Waals surface area contributed by atoms with Crippen LogP contribution in [0.3, 0.4) is 0 Å². The predicted molar refractivity (Wildman–Crippen MR) is 89.6 cm³/mol. The quantitative estimate of drug-likeness (QED) is 0.885. The molecular weight excluding hydrogens is 346 g/mol. The van der Waals surface area contributed by atoms with Gasteiger partial charge in [-0.15, -0.1) is 0 Å². The van der Waals surface area contributed by atoms with E-state index in [0.717, 1.165) is 42.6 Å². The van der Waals surface area contributed by atoms with Gasteiger partial charge in [0.05, 0.1) is 0 Å². The Balaban J connectivity index is 1.71. The summed E-state index contributed by atoms with van der Waals surface area (Å²) in [7, 11) is 0. The Labute approximate surface area is 140 Å². The van der Waals surface area contributed by atoms with Crippen molar-refractivity contribution in [2.75, 3.05) is 19.6 Å². The van der Waals surface area contributed by atoms with Crippen LogP contribution in [-0.2, 0) is 11.3 Å². The molecular formula is C16H24BrN3O2. The molecule has 5 nitrogen and oxygen atoms in total. The third kappa shape index (κ3) is 5.57. The van der Waals surface area contributed by atoms with E-state index in [1.54, 1.807) is 11.1 Å². The smallest absolute Gasteiger partial charge is 0.410 e. The molecule has 1 unspecified atom stereocenters. The van der Waals surface area contributed by atoms with Crippen molar-refractivity contribution in [1.82, 2.24) is 15.2 Å². The first-order valence-corrected chi connectivity index (χ1v) is 8.41. The highest BCUT2D eigenvalue weighted by molar-refractivity contribution is 9.10. The number of amides is 1. The maximum Gasteiger partial charge on any atom is 0.410 e. The monoisotopic (exact) mass is 369 g/mol. The molecule has 0 bridgehead atoms. The van der Waals surface area contributed by atoms with Crippen molar-refractivity contribution in [2.24, 2.45) is 5.92 Å². The van der Waals surface area contributed by atoms with Crippen LogP contribution in [0.25, 0.3) is 0 Å². The molecule has 1 aliphatic rings. The SMILES string of the molecule is CC(C)(C)OC(=O)N1CCC(CNCc2cncc(Br)c2)C1. The third-order valence-electron chi connectivity index (χ3n) is 3.46. The summed E-state index contributed by atoms with van der Waals surface area (Å²) >= 11 is 3.42. The number of carbonyl (C=O) groups is 1. The van der Waals surface area contributed by atoms with Gasteiger partial charge in [-0.3, -0.25) is 4.98 Å². The number of carbonyl (C=O) groups excluding carboxylic acids is 1. The van der Waals surface area contributed by atoms with Crippen molar-refractivity contribution >= 4 is 22.0 Å². The fourth-order valence-corrected chi connectivity index (χ4v) is 2.88. The van der Waals surface area contributed by atoms with Gasteiger partial charge in [0, 0.05) is 43.0 Å². The Bertz CT molecular complexity index is 516. The van der Waals surface area contributed by atoms with Crippen LogP contribution in [0.5, 0.6) is 0 Å². The van der Waals surface area contributed by atoms with Crippen LogP contribution in [0.2, 0.25) is 0 Å². The molecule has 1 N–H and O–H groups in total. The van der Waals surface area contributed by atoms with Gasteiger partial charge >= 0.3 is 6.09 Å². The van der Waals surface area contributed by atoms with Gasteiger partial charge in [-0.05, 0) is 60.7 Å². The Morgan fingerprint density at radius 3 is 2.95 bits per heavy atom. The molecule has 2 heterocycles.